The van der Waals surface area contributed by atoms with Crippen LogP contribution in [0.15, 0.2) is 10.7 Å². The molecule has 1 aliphatic carbocycles. The highest BCUT2D eigenvalue weighted by molar-refractivity contribution is 9.10. The van der Waals surface area contributed by atoms with Crippen LogP contribution in [-0.4, -0.2) is 29.2 Å². The Balaban J connectivity index is 2.12. The molecule has 1 heterocycles. The average molecular weight is 302 g/mol. The predicted octanol–water partition coefficient (Wildman–Crippen LogP) is 1.50. The minimum absolute atomic E-state index is 0.242. The Morgan fingerprint density at radius 1 is 1.53 bits per heavy atom. The van der Waals surface area contributed by atoms with E-state index in [1.165, 1.54) is 6.42 Å². The fourth-order valence-corrected chi connectivity index (χ4v) is 2.39. The van der Waals surface area contributed by atoms with E-state index in [9.17, 15) is 0 Å². The summed E-state index contributed by atoms with van der Waals surface area (Å²) in [6.07, 6.45) is 5.24. The fourth-order valence-electron chi connectivity index (χ4n) is 2.09. The number of hydrogen-bond acceptors (Lipinski definition) is 6. The minimum atomic E-state index is 0.242. The summed E-state index contributed by atoms with van der Waals surface area (Å²) in [6, 6.07) is 0.289. The maximum Gasteiger partial charge on any atom is 0.239 e. The maximum atomic E-state index is 5.43. The number of nitrogens with two attached hydrogens (primary N) is 1. The van der Waals surface area contributed by atoms with Gasteiger partial charge in [0, 0.05) is 13.3 Å². The van der Waals surface area contributed by atoms with Crippen molar-refractivity contribution in [1.29, 1.82) is 0 Å². The first-order valence-electron chi connectivity index (χ1n) is 5.53. The third-order valence-corrected chi connectivity index (χ3v) is 3.53. The summed E-state index contributed by atoms with van der Waals surface area (Å²) in [5, 5.41) is 3.37. The predicted molar refractivity (Wildman–Crippen MR) is 69.6 cm³/mol. The molecule has 1 saturated carbocycles. The summed E-state index contributed by atoms with van der Waals surface area (Å²) in [4.78, 5) is 8.27. The van der Waals surface area contributed by atoms with E-state index < -0.39 is 0 Å². The Morgan fingerprint density at radius 2 is 2.35 bits per heavy atom. The highest BCUT2D eigenvalue weighted by Gasteiger charge is 2.27. The van der Waals surface area contributed by atoms with Crippen molar-refractivity contribution in [3.05, 3.63) is 10.7 Å². The summed E-state index contributed by atoms with van der Waals surface area (Å²) in [5.41, 5.74) is 2.43. The largest absolute Gasteiger partial charge is 0.379 e. The first-order valence-corrected chi connectivity index (χ1v) is 6.32. The highest BCUT2D eigenvalue weighted by atomic mass is 79.9. The van der Waals surface area contributed by atoms with Crippen molar-refractivity contribution in [3.63, 3.8) is 0 Å². The molecule has 0 aliphatic heterocycles. The molecule has 0 radical (unpaired) electrons. The second kappa shape index (κ2) is 5.61. The molecule has 17 heavy (non-hydrogen) atoms. The van der Waals surface area contributed by atoms with Crippen LogP contribution < -0.4 is 16.6 Å². The zero-order chi connectivity index (χ0) is 12.3. The van der Waals surface area contributed by atoms with Gasteiger partial charge in [-0.15, -0.1) is 0 Å². The lowest BCUT2D eigenvalue weighted by molar-refractivity contribution is 0.101. The molecule has 1 aromatic rings. The van der Waals surface area contributed by atoms with Crippen LogP contribution in [-0.2, 0) is 4.74 Å². The van der Waals surface area contributed by atoms with E-state index in [2.05, 4.69) is 36.6 Å². The third-order valence-electron chi connectivity index (χ3n) is 2.95. The van der Waals surface area contributed by atoms with Crippen LogP contribution in [0.2, 0.25) is 0 Å². The molecule has 0 bridgehead atoms. The molecular formula is C10H16BrN5O. The number of ether oxygens (including phenoxy) is 1. The quantitative estimate of drug-likeness (QED) is 0.577. The van der Waals surface area contributed by atoms with Crippen LogP contribution in [0.5, 0.6) is 0 Å². The van der Waals surface area contributed by atoms with Gasteiger partial charge >= 0.3 is 0 Å². The second-order valence-corrected chi connectivity index (χ2v) is 4.84. The van der Waals surface area contributed by atoms with Crippen molar-refractivity contribution >= 4 is 27.7 Å². The molecule has 0 aromatic carbocycles. The minimum Gasteiger partial charge on any atom is -0.379 e. The van der Waals surface area contributed by atoms with Gasteiger partial charge < -0.3 is 10.1 Å². The Labute approximate surface area is 108 Å². The molecule has 1 aromatic heterocycles. The van der Waals surface area contributed by atoms with E-state index in [0.29, 0.717) is 5.95 Å². The van der Waals surface area contributed by atoms with Gasteiger partial charge in [0.1, 0.15) is 5.82 Å². The van der Waals surface area contributed by atoms with Crippen LogP contribution in [0.1, 0.15) is 19.3 Å². The van der Waals surface area contributed by atoms with Crippen LogP contribution in [0.25, 0.3) is 0 Å². The van der Waals surface area contributed by atoms with E-state index in [0.717, 1.165) is 23.1 Å². The number of anilines is 2. The lowest BCUT2D eigenvalue weighted by Gasteiger charge is -2.20. The van der Waals surface area contributed by atoms with Gasteiger partial charge in [-0.25, -0.2) is 10.8 Å². The number of rotatable bonds is 4. The second-order valence-electron chi connectivity index (χ2n) is 3.99. The first-order chi connectivity index (χ1) is 8.24. The van der Waals surface area contributed by atoms with Gasteiger partial charge in [-0.05, 0) is 35.2 Å². The van der Waals surface area contributed by atoms with Crippen molar-refractivity contribution in [2.24, 2.45) is 5.84 Å². The standard InChI is InChI=1S/C10H16BrN5O/c1-17-8-4-2-3-7(8)14-9-6(11)5-13-10(15-9)16-12/h5,7-8H,2-4,12H2,1H3,(H2,13,14,15,16). The topological polar surface area (TPSA) is 85.1 Å². The molecule has 1 aliphatic rings. The zero-order valence-electron chi connectivity index (χ0n) is 9.61. The number of nitrogens with zero attached hydrogens (tertiary/aromatic N) is 2. The van der Waals surface area contributed by atoms with Crippen LogP contribution in [0.4, 0.5) is 11.8 Å². The first kappa shape index (κ1) is 12.5. The molecule has 0 amide bonds. The SMILES string of the molecule is COC1CCCC1Nc1nc(NN)ncc1Br. The molecule has 2 unspecified atom stereocenters. The summed E-state index contributed by atoms with van der Waals surface area (Å²) in [6.45, 7) is 0. The van der Waals surface area contributed by atoms with Crippen molar-refractivity contribution < 1.29 is 4.74 Å². The van der Waals surface area contributed by atoms with Crippen molar-refractivity contribution in [2.75, 3.05) is 17.9 Å². The number of nitrogens with one attached hydrogen (secondary N) is 2. The van der Waals surface area contributed by atoms with Gasteiger partial charge in [0.05, 0.1) is 16.6 Å². The zero-order valence-corrected chi connectivity index (χ0v) is 11.2. The van der Waals surface area contributed by atoms with Gasteiger partial charge in [0.15, 0.2) is 0 Å². The smallest absolute Gasteiger partial charge is 0.239 e. The normalized spacial score (nSPS) is 23.7. The summed E-state index contributed by atoms with van der Waals surface area (Å²) >= 11 is 3.41. The summed E-state index contributed by atoms with van der Waals surface area (Å²) in [7, 11) is 1.74. The van der Waals surface area contributed by atoms with Crippen molar-refractivity contribution in [3.8, 4) is 0 Å². The molecular weight excluding hydrogens is 286 g/mol. The van der Waals surface area contributed by atoms with E-state index in [1.54, 1.807) is 13.3 Å². The lowest BCUT2D eigenvalue weighted by Crippen LogP contribution is -2.30. The van der Waals surface area contributed by atoms with E-state index in [4.69, 9.17) is 10.6 Å². The Bertz CT molecular complexity index is 389. The number of nitrogen functional groups attached to an aromatic ring is 1. The number of hydrogen-bond donors (Lipinski definition) is 3. The lowest BCUT2D eigenvalue weighted by atomic mass is 10.2. The molecule has 7 heteroatoms. The van der Waals surface area contributed by atoms with Gasteiger partial charge in [-0.3, -0.25) is 5.43 Å². The molecule has 4 N–H and O–H groups in total. The fraction of sp³-hybridized carbons (Fsp3) is 0.600. The third kappa shape index (κ3) is 2.85. The van der Waals surface area contributed by atoms with Gasteiger partial charge in [-0.2, -0.15) is 4.98 Å². The molecule has 1 fully saturated rings. The number of halogens is 1. The Kier molecular flexibility index (Phi) is 4.14. The number of methoxy groups -OCH3 is 1. The van der Waals surface area contributed by atoms with Gasteiger partial charge in [-0.1, -0.05) is 0 Å². The van der Waals surface area contributed by atoms with Gasteiger partial charge in [0.25, 0.3) is 0 Å². The van der Waals surface area contributed by atoms with Crippen LogP contribution in [0.3, 0.4) is 0 Å². The average Bonchev–Trinajstić information content (AvgIpc) is 2.79. The Morgan fingerprint density at radius 3 is 3.06 bits per heavy atom. The van der Waals surface area contributed by atoms with E-state index in [1.807, 2.05) is 0 Å². The maximum absolute atomic E-state index is 5.43. The van der Waals surface area contributed by atoms with Crippen LogP contribution >= 0.6 is 15.9 Å². The monoisotopic (exact) mass is 301 g/mol. The Hall–Kier alpha value is -0.920. The molecule has 94 valence electrons. The van der Waals surface area contributed by atoms with Crippen molar-refractivity contribution in [2.45, 2.75) is 31.4 Å². The summed E-state index contributed by atoms with van der Waals surface area (Å²) in [5.74, 6) is 6.42. The summed E-state index contributed by atoms with van der Waals surface area (Å²) < 4.78 is 6.25. The molecule has 0 spiro atoms. The van der Waals surface area contributed by atoms with E-state index in [-0.39, 0.29) is 12.1 Å². The van der Waals surface area contributed by atoms with Crippen molar-refractivity contribution in [1.82, 2.24) is 9.97 Å². The molecule has 6 nitrogen and oxygen atoms in total. The molecule has 0 saturated heterocycles. The van der Waals surface area contributed by atoms with E-state index >= 15 is 0 Å². The highest BCUT2D eigenvalue weighted by Crippen LogP contribution is 2.27. The van der Waals surface area contributed by atoms with Crippen LogP contribution in [0, 0.1) is 0 Å². The number of hydrazine groups is 1. The molecule has 2 atom stereocenters. The number of aromatic nitrogens is 2. The van der Waals surface area contributed by atoms with Gasteiger partial charge in [0.2, 0.25) is 5.95 Å². The molecule has 2 rings (SSSR count).